The van der Waals surface area contributed by atoms with Gasteiger partial charge in [-0.2, -0.15) is 0 Å². The Kier molecular flexibility index (Phi) is 2.44. The Morgan fingerprint density at radius 2 is 2.00 bits per heavy atom. The highest BCUT2D eigenvalue weighted by Crippen LogP contribution is 2.20. The fraction of sp³-hybridized carbons (Fsp3) is 0.143. The highest BCUT2D eigenvalue weighted by molar-refractivity contribution is 7.89. The van der Waals surface area contributed by atoms with Crippen molar-refractivity contribution in [3.8, 4) is 0 Å². The molecule has 0 heterocycles. The first-order valence-corrected chi connectivity index (χ1v) is 5.10. The zero-order valence-corrected chi connectivity index (χ0v) is 7.93. The summed E-state index contributed by atoms with van der Waals surface area (Å²) in [4.78, 5) is 0.0176. The molecule has 0 saturated carbocycles. The Labute approximate surface area is 76.8 Å². The van der Waals surface area contributed by atoms with E-state index in [0.717, 1.165) is 0 Å². The number of primary sulfonamides is 1. The van der Waals surface area contributed by atoms with Crippen LogP contribution in [0.3, 0.4) is 0 Å². The quantitative estimate of drug-likeness (QED) is 0.584. The van der Waals surface area contributed by atoms with Gasteiger partial charge in [-0.05, 0) is 18.2 Å². The van der Waals surface area contributed by atoms with Crippen molar-refractivity contribution in [2.45, 2.75) is 4.90 Å². The van der Waals surface area contributed by atoms with Crippen LogP contribution in [0, 0.1) is 0 Å². The monoisotopic (exact) mass is 201 g/mol. The summed E-state index contributed by atoms with van der Waals surface area (Å²) in [6.45, 7) is 0. The summed E-state index contributed by atoms with van der Waals surface area (Å²) >= 11 is 0. The van der Waals surface area contributed by atoms with Crippen LogP contribution in [0.4, 0.5) is 11.4 Å². The van der Waals surface area contributed by atoms with Gasteiger partial charge in [0.15, 0.2) is 0 Å². The van der Waals surface area contributed by atoms with E-state index in [1.807, 2.05) is 0 Å². The van der Waals surface area contributed by atoms with E-state index in [0.29, 0.717) is 11.4 Å². The van der Waals surface area contributed by atoms with Crippen molar-refractivity contribution in [1.29, 1.82) is 0 Å². The van der Waals surface area contributed by atoms with Crippen LogP contribution < -0.4 is 16.2 Å². The second kappa shape index (κ2) is 3.23. The van der Waals surface area contributed by atoms with Crippen LogP contribution in [0.15, 0.2) is 23.1 Å². The molecule has 1 aromatic carbocycles. The number of hydrogen-bond acceptors (Lipinski definition) is 4. The molecular formula is C7H11N3O2S. The molecule has 0 bridgehead atoms. The van der Waals surface area contributed by atoms with Gasteiger partial charge < -0.3 is 11.1 Å². The van der Waals surface area contributed by atoms with Crippen molar-refractivity contribution in [2.24, 2.45) is 5.14 Å². The van der Waals surface area contributed by atoms with E-state index in [1.165, 1.54) is 12.1 Å². The van der Waals surface area contributed by atoms with Crippen molar-refractivity contribution in [3.05, 3.63) is 18.2 Å². The third-order valence-electron chi connectivity index (χ3n) is 1.62. The molecule has 0 amide bonds. The third kappa shape index (κ3) is 2.10. The zero-order valence-electron chi connectivity index (χ0n) is 7.11. The normalized spacial score (nSPS) is 11.2. The highest BCUT2D eigenvalue weighted by Gasteiger charge is 2.08. The molecule has 0 aliphatic carbocycles. The van der Waals surface area contributed by atoms with Gasteiger partial charge in [-0.3, -0.25) is 0 Å². The maximum Gasteiger partial charge on any atom is 0.238 e. The smallest absolute Gasteiger partial charge is 0.238 e. The lowest BCUT2D eigenvalue weighted by Gasteiger charge is -2.05. The Morgan fingerprint density at radius 3 is 2.38 bits per heavy atom. The van der Waals surface area contributed by atoms with E-state index in [-0.39, 0.29) is 4.90 Å². The summed E-state index contributed by atoms with van der Waals surface area (Å²) in [5.74, 6) is 0. The summed E-state index contributed by atoms with van der Waals surface area (Å²) in [5.41, 5.74) is 6.58. The van der Waals surface area contributed by atoms with Crippen molar-refractivity contribution in [3.63, 3.8) is 0 Å². The number of benzene rings is 1. The Morgan fingerprint density at radius 1 is 1.38 bits per heavy atom. The van der Waals surface area contributed by atoms with E-state index in [4.69, 9.17) is 10.9 Å². The van der Waals surface area contributed by atoms with Crippen molar-refractivity contribution < 1.29 is 8.42 Å². The fourth-order valence-corrected chi connectivity index (χ4v) is 1.49. The Balaban J connectivity index is 3.26. The standard InChI is InChI=1S/C7H11N3O2S/c1-10-7-3-2-5(4-6(7)8)13(9,11)12/h2-4,10H,8H2,1H3,(H2,9,11,12). The maximum absolute atomic E-state index is 10.9. The van der Waals surface area contributed by atoms with Gasteiger partial charge in [0.05, 0.1) is 16.3 Å². The van der Waals surface area contributed by atoms with Gasteiger partial charge in [0.1, 0.15) is 0 Å². The van der Waals surface area contributed by atoms with Gasteiger partial charge in [0.2, 0.25) is 10.0 Å². The molecule has 0 saturated heterocycles. The molecule has 1 aromatic rings. The number of nitrogens with two attached hydrogens (primary N) is 2. The first-order valence-electron chi connectivity index (χ1n) is 3.55. The molecule has 0 spiro atoms. The van der Waals surface area contributed by atoms with Crippen molar-refractivity contribution in [1.82, 2.24) is 0 Å². The second-order valence-corrected chi connectivity index (χ2v) is 4.11. The second-order valence-electron chi connectivity index (χ2n) is 2.54. The van der Waals surface area contributed by atoms with Gasteiger partial charge >= 0.3 is 0 Å². The molecular weight excluding hydrogens is 190 g/mol. The molecule has 0 unspecified atom stereocenters. The van der Waals surface area contributed by atoms with Crippen LogP contribution in [0.5, 0.6) is 0 Å². The first kappa shape index (κ1) is 9.82. The molecule has 5 N–H and O–H groups in total. The average Bonchev–Trinajstić information content (AvgIpc) is 2.02. The van der Waals surface area contributed by atoms with E-state index >= 15 is 0 Å². The average molecular weight is 201 g/mol. The maximum atomic E-state index is 10.9. The largest absolute Gasteiger partial charge is 0.397 e. The summed E-state index contributed by atoms with van der Waals surface area (Å²) in [6, 6.07) is 4.29. The predicted octanol–water partition coefficient (Wildman–Crippen LogP) is -0.0421. The SMILES string of the molecule is CNc1ccc(S(N)(=O)=O)cc1N. The van der Waals surface area contributed by atoms with E-state index in [9.17, 15) is 8.42 Å². The van der Waals surface area contributed by atoms with Crippen LogP contribution in [0.1, 0.15) is 0 Å². The Hall–Kier alpha value is -1.27. The molecule has 1 rings (SSSR count). The van der Waals surface area contributed by atoms with E-state index in [2.05, 4.69) is 5.32 Å². The predicted molar refractivity (Wildman–Crippen MR) is 51.8 cm³/mol. The number of nitrogens with one attached hydrogen (secondary N) is 1. The summed E-state index contributed by atoms with van der Waals surface area (Å²) in [6.07, 6.45) is 0. The first-order chi connectivity index (χ1) is 5.95. The summed E-state index contributed by atoms with van der Waals surface area (Å²) < 4.78 is 21.8. The molecule has 6 heteroatoms. The number of hydrogen-bond donors (Lipinski definition) is 3. The number of nitrogen functional groups attached to an aromatic ring is 1. The van der Waals surface area contributed by atoms with Crippen molar-refractivity contribution >= 4 is 21.4 Å². The molecule has 0 atom stereocenters. The molecule has 0 fully saturated rings. The minimum absolute atomic E-state index is 0.0176. The van der Waals surface area contributed by atoms with Gasteiger partial charge in [-0.15, -0.1) is 0 Å². The van der Waals surface area contributed by atoms with Gasteiger partial charge in [0.25, 0.3) is 0 Å². The molecule has 0 radical (unpaired) electrons. The van der Waals surface area contributed by atoms with Gasteiger partial charge in [-0.1, -0.05) is 0 Å². The molecule has 13 heavy (non-hydrogen) atoms. The van der Waals surface area contributed by atoms with Crippen molar-refractivity contribution in [2.75, 3.05) is 18.1 Å². The fourth-order valence-electron chi connectivity index (χ4n) is 0.945. The number of sulfonamides is 1. The topological polar surface area (TPSA) is 98.2 Å². The van der Waals surface area contributed by atoms with Gasteiger partial charge in [0, 0.05) is 7.05 Å². The lowest BCUT2D eigenvalue weighted by atomic mass is 10.3. The molecule has 72 valence electrons. The lowest BCUT2D eigenvalue weighted by Crippen LogP contribution is -2.12. The minimum Gasteiger partial charge on any atom is -0.397 e. The van der Waals surface area contributed by atoms with Crippen LogP contribution in [-0.4, -0.2) is 15.5 Å². The molecule has 5 nitrogen and oxygen atoms in total. The number of rotatable bonds is 2. The van der Waals surface area contributed by atoms with Crippen LogP contribution in [0.25, 0.3) is 0 Å². The number of anilines is 2. The van der Waals surface area contributed by atoms with Gasteiger partial charge in [-0.25, -0.2) is 13.6 Å². The highest BCUT2D eigenvalue weighted by atomic mass is 32.2. The summed E-state index contributed by atoms with van der Waals surface area (Å²) in [7, 11) is -1.96. The lowest BCUT2D eigenvalue weighted by molar-refractivity contribution is 0.598. The van der Waals surface area contributed by atoms with E-state index < -0.39 is 10.0 Å². The molecule has 0 aliphatic heterocycles. The Bertz CT molecular complexity index is 414. The molecule has 0 aliphatic rings. The minimum atomic E-state index is -3.66. The van der Waals surface area contributed by atoms with E-state index in [1.54, 1.807) is 13.1 Å². The zero-order chi connectivity index (χ0) is 10.1. The van der Waals surface area contributed by atoms with Crippen LogP contribution in [0.2, 0.25) is 0 Å². The third-order valence-corrected chi connectivity index (χ3v) is 2.53. The summed E-state index contributed by atoms with van der Waals surface area (Å²) in [5, 5.41) is 7.73. The van der Waals surface area contributed by atoms with Crippen LogP contribution >= 0.6 is 0 Å². The molecule has 0 aromatic heterocycles. The van der Waals surface area contributed by atoms with Crippen LogP contribution in [-0.2, 0) is 10.0 Å².